The Labute approximate surface area is 403 Å². The third kappa shape index (κ3) is 5.49. The van der Waals surface area contributed by atoms with E-state index in [1.807, 2.05) is 0 Å². The van der Waals surface area contributed by atoms with E-state index >= 15 is 0 Å². The van der Waals surface area contributed by atoms with Crippen molar-refractivity contribution in [2.24, 2.45) is 0 Å². The molecule has 2 unspecified atom stereocenters. The molecular formula is C64H64BN3. The van der Waals surface area contributed by atoms with E-state index in [-0.39, 0.29) is 33.9 Å². The molecule has 8 aromatic carbocycles. The molecule has 4 aliphatic rings. The van der Waals surface area contributed by atoms with Crippen LogP contribution in [0.25, 0.3) is 49.0 Å². The summed E-state index contributed by atoms with van der Waals surface area (Å²) < 4.78 is 2.73. The minimum absolute atomic E-state index is 0.00761. The van der Waals surface area contributed by atoms with Crippen LogP contribution in [0.5, 0.6) is 0 Å². The van der Waals surface area contributed by atoms with Crippen LogP contribution in [0.2, 0.25) is 0 Å². The summed E-state index contributed by atoms with van der Waals surface area (Å²) >= 11 is 0. The smallest absolute Gasteiger partial charge is 0.252 e. The maximum atomic E-state index is 2.91. The van der Waals surface area contributed by atoms with Crippen molar-refractivity contribution in [3.8, 4) is 5.69 Å². The van der Waals surface area contributed by atoms with Gasteiger partial charge in [0.15, 0.2) is 0 Å². The molecule has 0 bridgehead atoms. The van der Waals surface area contributed by atoms with Crippen LogP contribution in [-0.2, 0) is 21.7 Å². The molecule has 4 heterocycles. The van der Waals surface area contributed by atoms with E-state index in [0.717, 1.165) is 6.42 Å². The van der Waals surface area contributed by atoms with E-state index in [1.165, 1.54) is 130 Å². The molecule has 0 amide bonds. The lowest BCUT2D eigenvalue weighted by Gasteiger charge is -2.52. The van der Waals surface area contributed by atoms with Crippen LogP contribution in [0.1, 0.15) is 124 Å². The fraction of sp³-hybridized carbons (Fsp3) is 0.312. The van der Waals surface area contributed by atoms with Gasteiger partial charge in [-0.25, -0.2) is 0 Å². The van der Waals surface area contributed by atoms with E-state index in [2.05, 4.69) is 230 Å². The zero-order valence-electron chi connectivity index (χ0n) is 42.0. The molecule has 1 aromatic heterocycles. The van der Waals surface area contributed by atoms with Gasteiger partial charge < -0.3 is 14.4 Å². The number of hydrogen-bond acceptors (Lipinski definition) is 2. The molecule has 1 aliphatic carbocycles. The Morgan fingerprint density at radius 1 is 0.485 bits per heavy atom. The first-order valence-corrected chi connectivity index (χ1v) is 25.4. The molecule has 0 radical (unpaired) electrons. The van der Waals surface area contributed by atoms with Crippen LogP contribution in [-0.4, -0.2) is 16.8 Å². The first-order chi connectivity index (χ1) is 32.4. The highest BCUT2D eigenvalue weighted by molar-refractivity contribution is 7.00. The molecule has 13 rings (SSSR count). The molecule has 68 heavy (non-hydrogen) atoms. The molecular weight excluding hydrogens is 822 g/mol. The average Bonchev–Trinajstić information content (AvgIpc) is 3.77. The van der Waals surface area contributed by atoms with E-state index in [4.69, 9.17) is 0 Å². The highest BCUT2D eigenvalue weighted by Crippen LogP contribution is 2.62. The standard InChI is InChI=1S/C64H64BN3/c1-60(2,3)39-25-29-42(30-26-39)66(43-31-27-40(28-32-43)61(4,5)6)44-37-53-56-54(38-44)68-59-50(63(10)33-16-17-34-64(63,68)11)35-41(62(7,8)9)36-52(59)65(56)51-24-18-23-49-55-47-21-14-12-19-45(47)46-20-13-15-22-48(46)58(55)67(53)57(49)51/h12-15,18-32,35-38H,16-17,33-34H2,1-11H3. The van der Waals surface area contributed by atoms with Crippen LogP contribution >= 0.6 is 0 Å². The third-order valence-electron chi connectivity index (χ3n) is 17.5. The van der Waals surface area contributed by atoms with Crippen molar-refractivity contribution < 1.29 is 0 Å². The summed E-state index contributed by atoms with van der Waals surface area (Å²) in [5, 5.41) is 7.92. The van der Waals surface area contributed by atoms with Crippen molar-refractivity contribution in [2.75, 3.05) is 9.80 Å². The van der Waals surface area contributed by atoms with Crippen molar-refractivity contribution >= 4 is 94.9 Å². The summed E-state index contributed by atoms with van der Waals surface area (Å²) in [5.41, 5.74) is 20.3. The Bertz CT molecular complexity index is 3550. The predicted molar refractivity (Wildman–Crippen MR) is 294 cm³/mol. The Morgan fingerprint density at radius 3 is 1.65 bits per heavy atom. The van der Waals surface area contributed by atoms with Gasteiger partial charge in [0.05, 0.1) is 16.7 Å². The van der Waals surface area contributed by atoms with Crippen molar-refractivity contribution in [2.45, 2.75) is 129 Å². The summed E-state index contributed by atoms with van der Waals surface area (Å²) in [7, 11) is 0. The van der Waals surface area contributed by atoms with Gasteiger partial charge in [-0.2, -0.15) is 0 Å². The predicted octanol–water partition coefficient (Wildman–Crippen LogP) is 15.3. The Balaban J connectivity index is 1.21. The molecule has 338 valence electrons. The van der Waals surface area contributed by atoms with Crippen LogP contribution in [0.3, 0.4) is 0 Å². The molecule has 0 saturated heterocycles. The van der Waals surface area contributed by atoms with Gasteiger partial charge in [-0.05, 0) is 127 Å². The second kappa shape index (κ2) is 13.7. The number of nitrogens with zero attached hydrogens (tertiary/aromatic N) is 3. The largest absolute Gasteiger partial charge is 0.335 e. The first kappa shape index (κ1) is 41.9. The average molecular weight is 886 g/mol. The maximum absolute atomic E-state index is 2.91. The molecule has 4 heteroatoms. The Morgan fingerprint density at radius 2 is 1.03 bits per heavy atom. The minimum Gasteiger partial charge on any atom is -0.335 e. The highest BCUT2D eigenvalue weighted by Gasteiger charge is 2.61. The van der Waals surface area contributed by atoms with Crippen molar-refractivity contribution in [1.82, 2.24) is 4.57 Å². The molecule has 1 fully saturated rings. The number of anilines is 5. The molecule has 0 N–H and O–H groups in total. The van der Waals surface area contributed by atoms with E-state index < -0.39 is 0 Å². The zero-order chi connectivity index (χ0) is 47.0. The molecule has 1 saturated carbocycles. The van der Waals surface area contributed by atoms with Crippen molar-refractivity contribution in [1.29, 1.82) is 0 Å². The number of aromatic nitrogens is 1. The number of para-hydroxylation sites is 1. The fourth-order valence-electron chi connectivity index (χ4n) is 13.7. The number of benzene rings is 8. The van der Waals surface area contributed by atoms with E-state index in [1.54, 1.807) is 5.56 Å². The van der Waals surface area contributed by atoms with Gasteiger partial charge >= 0.3 is 0 Å². The van der Waals surface area contributed by atoms with Gasteiger partial charge in [-0.15, -0.1) is 0 Å². The van der Waals surface area contributed by atoms with E-state index in [0.29, 0.717) is 0 Å². The van der Waals surface area contributed by atoms with Crippen LogP contribution in [0.4, 0.5) is 28.4 Å². The number of fused-ring (bicyclic) bond motifs is 15. The summed E-state index contributed by atoms with van der Waals surface area (Å²) in [6.07, 6.45) is 4.84. The van der Waals surface area contributed by atoms with Gasteiger partial charge in [0.2, 0.25) is 0 Å². The SMILES string of the molecule is CC(C)(C)c1ccc(N(c2ccc(C(C)(C)C)cc2)c2cc3c4c(c2)-n2c5c(cccc5c5c6ccccc6c6ccccc6c52)B4c2cc(C(C)(C)C)cc4c2N3C2(C)CCCCC42C)cc1. The lowest BCUT2D eigenvalue weighted by atomic mass is 9.33. The van der Waals surface area contributed by atoms with E-state index in [9.17, 15) is 0 Å². The zero-order valence-corrected chi connectivity index (χ0v) is 42.0. The summed E-state index contributed by atoms with van der Waals surface area (Å²) in [4.78, 5) is 5.47. The van der Waals surface area contributed by atoms with Gasteiger partial charge in [-0.3, -0.25) is 0 Å². The van der Waals surface area contributed by atoms with Gasteiger partial charge in [0, 0.05) is 55.5 Å². The quantitative estimate of drug-likeness (QED) is 0.129. The first-order valence-electron chi connectivity index (χ1n) is 25.4. The molecule has 3 nitrogen and oxygen atoms in total. The summed E-state index contributed by atoms with van der Waals surface area (Å²) in [5.74, 6) is 0. The summed E-state index contributed by atoms with van der Waals surface area (Å²) in [6, 6.07) is 54.9. The van der Waals surface area contributed by atoms with Crippen molar-refractivity contribution in [3.63, 3.8) is 0 Å². The maximum Gasteiger partial charge on any atom is 0.252 e. The monoisotopic (exact) mass is 886 g/mol. The minimum atomic E-state index is -0.113. The summed E-state index contributed by atoms with van der Waals surface area (Å²) in [6.45, 7) is 26.4. The van der Waals surface area contributed by atoms with Gasteiger partial charge in [-0.1, -0.05) is 185 Å². The topological polar surface area (TPSA) is 11.4 Å². The second-order valence-corrected chi connectivity index (χ2v) is 24.5. The highest BCUT2D eigenvalue weighted by atomic mass is 15.3. The van der Waals surface area contributed by atoms with Crippen LogP contribution < -0.4 is 26.2 Å². The van der Waals surface area contributed by atoms with Crippen LogP contribution in [0, 0.1) is 0 Å². The molecule has 2 atom stereocenters. The lowest BCUT2D eigenvalue weighted by molar-refractivity contribution is 0.195. The van der Waals surface area contributed by atoms with Gasteiger partial charge in [0.1, 0.15) is 0 Å². The third-order valence-corrected chi connectivity index (χ3v) is 17.5. The molecule has 9 aromatic rings. The van der Waals surface area contributed by atoms with Gasteiger partial charge in [0.25, 0.3) is 6.71 Å². The molecule has 0 spiro atoms. The normalized spacial score (nSPS) is 19.5. The second-order valence-electron chi connectivity index (χ2n) is 24.5. The van der Waals surface area contributed by atoms with Crippen LogP contribution in [0.15, 0.2) is 140 Å². The molecule has 3 aliphatic heterocycles. The van der Waals surface area contributed by atoms with Crippen molar-refractivity contribution in [3.05, 3.63) is 162 Å². The fourth-order valence-corrected chi connectivity index (χ4v) is 13.7. The Kier molecular flexibility index (Phi) is 8.45. The number of hydrogen-bond donors (Lipinski definition) is 0. The Hall–Kier alpha value is -6.26. The number of rotatable bonds is 3. The lowest BCUT2D eigenvalue weighted by Crippen LogP contribution is -2.64.